The lowest BCUT2D eigenvalue weighted by Crippen LogP contribution is -2.14. The molecule has 5 heteroatoms. The Morgan fingerprint density at radius 1 is 1.36 bits per heavy atom. The zero-order chi connectivity index (χ0) is 10.9. The van der Waals surface area contributed by atoms with Crippen molar-refractivity contribution in [2.45, 2.75) is 19.4 Å². The molecule has 0 bridgehead atoms. The first kappa shape index (κ1) is 11.3. The average molecular weight is 224 g/mol. The minimum atomic E-state index is -1.30. The molecule has 2 N–H and O–H groups in total. The van der Waals surface area contributed by atoms with Crippen LogP contribution in [0.3, 0.4) is 0 Å². The van der Waals surface area contributed by atoms with Crippen molar-refractivity contribution in [3.05, 3.63) is 34.1 Å². The molecule has 78 valence electrons. The molecule has 0 saturated carbocycles. The quantitative estimate of drug-likeness (QED) is 0.605. The Balaban J connectivity index is 3.36. The summed E-state index contributed by atoms with van der Waals surface area (Å²) in [4.78, 5) is 0. The third kappa shape index (κ3) is 1.86. The number of hydrogen-bond acceptors (Lipinski definition) is 1. The smallest absolute Gasteiger partial charge is 0.177 e. The summed E-state index contributed by atoms with van der Waals surface area (Å²) < 4.78 is 39.3. The van der Waals surface area contributed by atoms with Crippen LogP contribution >= 0.6 is 11.6 Å². The van der Waals surface area contributed by atoms with Gasteiger partial charge in [0.2, 0.25) is 0 Å². The first-order chi connectivity index (χ1) is 6.49. The van der Waals surface area contributed by atoms with Crippen LogP contribution in [0.25, 0.3) is 0 Å². The van der Waals surface area contributed by atoms with E-state index in [2.05, 4.69) is 0 Å². The number of halogens is 4. The van der Waals surface area contributed by atoms with Crippen molar-refractivity contribution in [3.63, 3.8) is 0 Å². The standard InChI is InChI=1S/C9H9ClF3N/c1-2-6(14)7-5(11)3-4(10)8(12)9(7)13/h3,6H,2,14H2,1H3. The van der Waals surface area contributed by atoms with Gasteiger partial charge >= 0.3 is 0 Å². The van der Waals surface area contributed by atoms with Crippen molar-refractivity contribution >= 4 is 11.6 Å². The number of rotatable bonds is 2. The summed E-state index contributed by atoms with van der Waals surface area (Å²) in [6, 6.07) is -0.132. The molecule has 1 aromatic rings. The average Bonchev–Trinajstić information content (AvgIpc) is 2.14. The molecule has 0 aliphatic rings. The summed E-state index contributed by atoms with van der Waals surface area (Å²) in [6.07, 6.45) is 0.314. The summed E-state index contributed by atoms with van der Waals surface area (Å²) in [5, 5.41) is -0.577. The van der Waals surface area contributed by atoms with Crippen LogP contribution in [0.5, 0.6) is 0 Å². The van der Waals surface area contributed by atoms with Gasteiger partial charge in [0.15, 0.2) is 11.6 Å². The topological polar surface area (TPSA) is 26.0 Å². The Bertz CT molecular complexity index is 354. The van der Waals surface area contributed by atoms with Crippen molar-refractivity contribution in [1.82, 2.24) is 0 Å². The van der Waals surface area contributed by atoms with E-state index in [0.717, 1.165) is 6.07 Å². The summed E-state index contributed by atoms with van der Waals surface area (Å²) >= 11 is 5.24. The third-order valence-corrected chi connectivity index (χ3v) is 2.24. The van der Waals surface area contributed by atoms with E-state index in [0.29, 0.717) is 6.42 Å². The molecular weight excluding hydrogens is 215 g/mol. The van der Waals surface area contributed by atoms with Gasteiger partial charge in [0, 0.05) is 11.6 Å². The van der Waals surface area contributed by atoms with Gasteiger partial charge in [-0.1, -0.05) is 18.5 Å². The third-order valence-electron chi connectivity index (χ3n) is 1.96. The molecule has 1 atom stereocenters. The Morgan fingerprint density at radius 2 is 1.93 bits per heavy atom. The first-order valence-corrected chi connectivity index (χ1v) is 4.45. The van der Waals surface area contributed by atoms with Crippen LogP contribution in [-0.4, -0.2) is 0 Å². The minimum Gasteiger partial charge on any atom is -0.324 e. The SMILES string of the molecule is CCC(N)c1c(F)cc(Cl)c(F)c1F. The number of nitrogens with two attached hydrogens (primary N) is 1. The normalized spacial score (nSPS) is 13.0. The Hall–Kier alpha value is -0.740. The molecule has 0 amide bonds. The first-order valence-electron chi connectivity index (χ1n) is 4.07. The molecule has 1 aromatic carbocycles. The van der Waals surface area contributed by atoms with E-state index in [1.165, 1.54) is 0 Å². The van der Waals surface area contributed by atoms with Crippen LogP contribution in [0.2, 0.25) is 5.02 Å². The highest BCUT2D eigenvalue weighted by molar-refractivity contribution is 6.30. The molecular formula is C9H9ClF3N. The molecule has 14 heavy (non-hydrogen) atoms. The fourth-order valence-corrected chi connectivity index (χ4v) is 1.30. The maximum Gasteiger partial charge on any atom is 0.177 e. The molecule has 0 aromatic heterocycles. The lowest BCUT2D eigenvalue weighted by Gasteiger charge is -2.12. The van der Waals surface area contributed by atoms with E-state index in [1.54, 1.807) is 6.92 Å². The summed E-state index contributed by atoms with van der Waals surface area (Å²) in [5.41, 5.74) is 4.98. The van der Waals surface area contributed by atoms with E-state index in [1.807, 2.05) is 0 Å². The molecule has 0 aliphatic carbocycles. The summed E-state index contributed by atoms with van der Waals surface area (Å²) in [6.45, 7) is 1.65. The van der Waals surface area contributed by atoms with Gasteiger partial charge in [-0.25, -0.2) is 13.2 Å². The predicted octanol–water partition coefficient (Wildman–Crippen LogP) is 3.17. The van der Waals surface area contributed by atoms with E-state index in [9.17, 15) is 13.2 Å². The lowest BCUT2D eigenvalue weighted by atomic mass is 10.0. The Morgan fingerprint density at radius 3 is 2.43 bits per heavy atom. The van der Waals surface area contributed by atoms with Crippen LogP contribution in [0.15, 0.2) is 6.07 Å². The molecule has 1 nitrogen and oxygen atoms in total. The van der Waals surface area contributed by atoms with Crippen molar-refractivity contribution in [1.29, 1.82) is 0 Å². The van der Waals surface area contributed by atoms with Crippen LogP contribution in [0, 0.1) is 17.5 Å². The minimum absolute atomic E-state index is 0.314. The van der Waals surface area contributed by atoms with Gasteiger partial charge in [0.1, 0.15) is 5.82 Å². The Kier molecular flexibility index (Phi) is 3.39. The fraction of sp³-hybridized carbons (Fsp3) is 0.333. The highest BCUT2D eigenvalue weighted by Gasteiger charge is 2.21. The van der Waals surface area contributed by atoms with Gasteiger partial charge in [-0.3, -0.25) is 0 Å². The van der Waals surface area contributed by atoms with Gasteiger partial charge in [-0.05, 0) is 12.5 Å². The molecule has 1 unspecified atom stereocenters. The lowest BCUT2D eigenvalue weighted by molar-refractivity contribution is 0.462. The number of benzene rings is 1. The van der Waals surface area contributed by atoms with Crippen molar-refractivity contribution < 1.29 is 13.2 Å². The fourth-order valence-electron chi connectivity index (χ4n) is 1.12. The maximum atomic E-state index is 13.2. The molecule has 1 rings (SSSR count). The second kappa shape index (κ2) is 4.19. The second-order valence-corrected chi connectivity index (χ2v) is 3.30. The zero-order valence-corrected chi connectivity index (χ0v) is 8.21. The van der Waals surface area contributed by atoms with Gasteiger partial charge in [-0.15, -0.1) is 0 Å². The highest BCUT2D eigenvalue weighted by atomic mass is 35.5. The Labute approximate surface area is 84.7 Å². The van der Waals surface area contributed by atoms with Crippen LogP contribution in [-0.2, 0) is 0 Å². The predicted molar refractivity (Wildman–Crippen MR) is 48.5 cm³/mol. The zero-order valence-electron chi connectivity index (χ0n) is 7.45. The molecule has 0 saturated heterocycles. The molecule has 0 fully saturated rings. The summed E-state index contributed by atoms with van der Waals surface area (Å²) in [7, 11) is 0. The van der Waals surface area contributed by atoms with Crippen molar-refractivity contribution in [2.24, 2.45) is 5.73 Å². The van der Waals surface area contributed by atoms with E-state index < -0.39 is 34.1 Å². The monoisotopic (exact) mass is 223 g/mol. The van der Waals surface area contributed by atoms with Gasteiger partial charge in [0.05, 0.1) is 5.02 Å². The largest absolute Gasteiger partial charge is 0.324 e. The van der Waals surface area contributed by atoms with Crippen LogP contribution < -0.4 is 5.73 Å². The van der Waals surface area contributed by atoms with Crippen LogP contribution in [0.4, 0.5) is 13.2 Å². The molecule has 0 aliphatic heterocycles. The van der Waals surface area contributed by atoms with E-state index in [-0.39, 0.29) is 0 Å². The van der Waals surface area contributed by atoms with Gasteiger partial charge in [-0.2, -0.15) is 0 Å². The van der Waals surface area contributed by atoms with Crippen molar-refractivity contribution in [3.8, 4) is 0 Å². The second-order valence-electron chi connectivity index (χ2n) is 2.90. The molecule has 0 spiro atoms. The van der Waals surface area contributed by atoms with Crippen LogP contribution in [0.1, 0.15) is 24.9 Å². The van der Waals surface area contributed by atoms with Crippen molar-refractivity contribution in [2.75, 3.05) is 0 Å². The maximum absolute atomic E-state index is 13.2. The highest BCUT2D eigenvalue weighted by Crippen LogP contribution is 2.28. The van der Waals surface area contributed by atoms with E-state index in [4.69, 9.17) is 17.3 Å². The van der Waals surface area contributed by atoms with E-state index >= 15 is 0 Å². The summed E-state index contributed by atoms with van der Waals surface area (Å²) in [5.74, 6) is -3.47. The molecule has 0 radical (unpaired) electrons. The van der Waals surface area contributed by atoms with Gasteiger partial charge < -0.3 is 5.73 Å². The molecule has 0 heterocycles. The van der Waals surface area contributed by atoms with Gasteiger partial charge in [0.25, 0.3) is 0 Å². The number of hydrogen-bond donors (Lipinski definition) is 1.